The Hall–Kier alpha value is -3.85. The van der Waals surface area contributed by atoms with Crippen LogP contribution in [0.5, 0.6) is 0 Å². The van der Waals surface area contributed by atoms with Gasteiger partial charge >= 0.3 is 0 Å². The molecule has 2 aromatic carbocycles. The third-order valence-corrected chi connectivity index (χ3v) is 4.98. The van der Waals surface area contributed by atoms with Crippen LogP contribution in [-0.2, 0) is 17.8 Å². The second-order valence-corrected chi connectivity index (χ2v) is 6.99. The minimum absolute atomic E-state index is 0.0201. The summed E-state index contributed by atoms with van der Waals surface area (Å²) in [6.45, 7) is 0.744. The maximum Gasteiger partial charge on any atom is 0.223 e. The number of benzene rings is 2. The number of hydrogen-bond donors (Lipinski definition) is 0. The molecule has 4 aromatic rings. The molecule has 6 heteroatoms. The molecule has 6 nitrogen and oxygen atoms in total. The molecule has 0 aliphatic rings. The Kier molecular flexibility index (Phi) is 5.90. The molecular weight excluding hydrogens is 376 g/mol. The molecule has 0 saturated heterocycles. The van der Waals surface area contributed by atoms with Crippen molar-refractivity contribution in [2.24, 2.45) is 0 Å². The highest BCUT2D eigenvalue weighted by Gasteiger charge is 2.18. The third-order valence-electron chi connectivity index (χ3n) is 4.98. The molecule has 2 heterocycles. The van der Waals surface area contributed by atoms with Crippen molar-refractivity contribution >= 4 is 16.9 Å². The molecule has 0 aliphatic carbocycles. The molecule has 0 radical (unpaired) electrons. The predicted molar refractivity (Wildman–Crippen MR) is 114 cm³/mol. The molecule has 0 bridgehead atoms. The first-order valence-electron chi connectivity index (χ1n) is 9.95. The fourth-order valence-corrected chi connectivity index (χ4v) is 3.55. The molecule has 2 aromatic heterocycles. The SMILES string of the molecule is N#CCCN(Cc1ccco1)C(=O)CCc1nc2ccccc2n1-c1ccccc1. The lowest BCUT2D eigenvalue weighted by molar-refractivity contribution is -0.132. The summed E-state index contributed by atoms with van der Waals surface area (Å²) < 4.78 is 7.49. The zero-order valence-electron chi connectivity index (χ0n) is 16.6. The number of hydrogen-bond acceptors (Lipinski definition) is 4. The summed E-state index contributed by atoms with van der Waals surface area (Å²) in [5.41, 5.74) is 2.94. The number of furan rings is 1. The molecule has 30 heavy (non-hydrogen) atoms. The van der Waals surface area contributed by atoms with Crippen LogP contribution in [0.1, 0.15) is 24.4 Å². The summed E-state index contributed by atoms with van der Waals surface area (Å²) in [7, 11) is 0. The average Bonchev–Trinajstić information content (AvgIpc) is 3.42. The number of aromatic nitrogens is 2. The van der Waals surface area contributed by atoms with E-state index in [-0.39, 0.29) is 12.3 Å². The second-order valence-electron chi connectivity index (χ2n) is 6.99. The molecule has 1 amide bonds. The van der Waals surface area contributed by atoms with Gasteiger partial charge in [-0.1, -0.05) is 30.3 Å². The van der Waals surface area contributed by atoms with Gasteiger partial charge in [0.05, 0.1) is 36.3 Å². The summed E-state index contributed by atoms with van der Waals surface area (Å²) in [5, 5.41) is 8.95. The average molecular weight is 398 g/mol. The number of rotatable bonds is 8. The molecule has 150 valence electrons. The number of carbonyl (C=O) groups is 1. The van der Waals surface area contributed by atoms with Crippen LogP contribution in [0.4, 0.5) is 0 Å². The van der Waals surface area contributed by atoms with Gasteiger partial charge in [-0.05, 0) is 36.4 Å². The van der Waals surface area contributed by atoms with E-state index in [2.05, 4.69) is 10.6 Å². The zero-order chi connectivity index (χ0) is 20.8. The van der Waals surface area contributed by atoms with E-state index in [9.17, 15) is 4.79 Å². The summed E-state index contributed by atoms with van der Waals surface area (Å²) in [6, 6.07) is 23.8. The standard InChI is InChI=1S/C24H22N4O2/c25-15-7-16-27(18-20-10-6-17-30-20)24(29)14-13-23-26-21-11-4-5-12-22(21)28(23)19-8-2-1-3-9-19/h1-6,8-12,17H,7,13-14,16,18H2. The van der Waals surface area contributed by atoms with Gasteiger partial charge < -0.3 is 9.32 Å². The van der Waals surface area contributed by atoms with E-state index in [4.69, 9.17) is 14.7 Å². The lowest BCUT2D eigenvalue weighted by atomic mass is 10.2. The lowest BCUT2D eigenvalue weighted by Gasteiger charge is -2.20. The number of aryl methyl sites for hydroxylation is 1. The quantitative estimate of drug-likeness (QED) is 0.438. The number of para-hydroxylation sites is 3. The van der Waals surface area contributed by atoms with Crippen LogP contribution in [-0.4, -0.2) is 26.9 Å². The molecule has 0 fully saturated rings. The highest BCUT2D eigenvalue weighted by molar-refractivity contribution is 5.79. The van der Waals surface area contributed by atoms with Crippen molar-refractivity contribution in [3.8, 4) is 11.8 Å². The van der Waals surface area contributed by atoms with Crippen LogP contribution in [0.15, 0.2) is 77.4 Å². The zero-order valence-corrected chi connectivity index (χ0v) is 16.6. The number of carbonyl (C=O) groups excluding carboxylic acids is 1. The topological polar surface area (TPSA) is 75.1 Å². The molecule has 0 atom stereocenters. The van der Waals surface area contributed by atoms with E-state index in [0.29, 0.717) is 31.7 Å². The monoisotopic (exact) mass is 398 g/mol. The number of imidazole rings is 1. The Bertz CT molecular complexity index is 1160. The number of nitrogens with zero attached hydrogens (tertiary/aromatic N) is 4. The van der Waals surface area contributed by atoms with E-state index in [1.165, 1.54) is 0 Å². The normalized spacial score (nSPS) is 10.8. The minimum atomic E-state index is -0.0201. The van der Waals surface area contributed by atoms with Crippen LogP contribution in [0.2, 0.25) is 0 Å². The van der Waals surface area contributed by atoms with Crippen molar-refractivity contribution in [3.63, 3.8) is 0 Å². The Morgan fingerprint density at radius 2 is 1.87 bits per heavy atom. The largest absolute Gasteiger partial charge is 0.467 e. The first-order valence-corrected chi connectivity index (χ1v) is 9.95. The van der Waals surface area contributed by atoms with Gasteiger partial charge in [-0.25, -0.2) is 4.98 Å². The van der Waals surface area contributed by atoms with Crippen LogP contribution < -0.4 is 0 Å². The van der Waals surface area contributed by atoms with Gasteiger partial charge in [0.15, 0.2) is 0 Å². The Morgan fingerprint density at radius 1 is 1.07 bits per heavy atom. The minimum Gasteiger partial charge on any atom is -0.467 e. The van der Waals surface area contributed by atoms with Gasteiger partial charge in [0, 0.05) is 25.1 Å². The molecular formula is C24H22N4O2. The number of fused-ring (bicyclic) bond motifs is 1. The van der Waals surface area contributed by atoms with Crippen molar-refractivity contribution in [2.45, 2.75) is 25.8 Å². The fraction of sp³-hybridized carbons (Fsp3) is 0.208. The second kappa shape index (κ2) is 9.10. The highest BCUT2D eigenvalue weighted by atomic mass is 16.3. The van der Waals surface area contributed by atoms with Crippen molar-refractivity contribution in [2.75, 3.05) is 6.54 Å². The van der Waals surface area contributed by atoms with Gasteiger partial charge in [0.25, 0.3) is 0 Å². The fourth-order valence-electron chi connectivity index (χ4n) is 3.55. The third kappa shape index (κ3) is 4.26. The van der Waals surface area contributed by atoms with E-state index in [0.717, 1.165) is 22.5 Å². The molecule has 0 unspecified atom stereocenters. The van der Waals surface area contributed by atoms with Crippen molar-refractivity contribution in [1.29, 1.82) is 5.26 Å². The van der Waals surface area contributed by atoms with Crippen LogP contribution in [0.3, 0.4) is 0 Å². The summed E-state index contributed by atoms with van der Waals surface area (Å²) in [6.07, 6.45) is 2.69. The lowest BCUT2D eigenvalue weighted by Crippen LogP contribution is -2.31. The van der Waals surface area contributed by atoms with Gasteiger partial charge in [0.1, 0.15) is 11.6 Å². The molecule has 4 rings (SSSR count). The Labute approximate surface area is 175 Å². The van der Waals surface area contributed by atoms with Crippen molar-refractivity contribution in [3.05, 3.63) is 84.6 Å². The van der Waals surface area contributed by atoms with E-state index >= 15 is 0 Å². The Morgan fingerprint density at radius 3 is 2.63 bits per heavy atom. The number of amides is 1. The Balaban J connectivity index is 1.56. The first-order chi connectivity index (χ1) is 14.8. The molecule has 0 spiro atoms. The van der Waals surface area contributed by atoms with E-state index < -0.39 is 0 Å². The van der Waals surface area contributed by atoms with E-state index in [1.54, 1.807) is 17.2 Å². The summed E-state index contributed by atoms with van der Waals surface area (Å²) >= 11 is 0. The van der Waals surface area contributed by atoms with Crippen molar-refractivity contribution in [1.82, 2.24) is 14.5 Å². The molecule has 0 aliphatic heterocycles. The summed E-state index contributed by atoms with van der Waals surface area (Å²) in [4.78, 5) is 19.4. The van der Waals surface area contributed by atoms with Gasteiger partial charge in [-0.3, -0.25) is 9.36 Å². The highest BCUT2D eigenvalue weighted by Crippen LogP contribution is 2.22. The van der Waals surface area contributed by atoms with Gasteiger partial charge in [-0.15, -0.1) is 0 Å². The van der Waals surface area contributed by atoms with Crippen LogP contribution in [0.25, 0.3) is 16.7 Å². The van der Waals surface area contributed by atoms with Gasteiger partial charge in [0.2, 0.25) is 5.91 Å². The first kappa shape index (κ1) is 19.5. The smallest absolute Gasteiger partial charge is 0.223 e. The summed E-state index contributed by atoms with van der Waals surface area (Å²) in [5.74, 6) is 1.53. The van der Waals surface area contributed by atoms with Gasteiger partial charge in [-0.2, -0.15) is 5.26 Å². The van der Waals surface area contributed by atoms with Crippen LogP contribution in [0, 0.1) is 11.3 Å². The van der Waals surface area contributed by atoms with Crippen molar-refractivity contribution < 1.29 is 9.21 Å². The van der Waals surface area contributed by atoms with Crippen LogP contribution >= 0.6 is 0 Å². The number of nitriles is 1. The predicted octanol–water partition coefficient (Wildman–Crippen LogP) is 4.49. The maximum absolute atomic E-state index is 12.9. The van der Waals surface area contributed by atoms with E-state index in [1.807, 2.05) is 60.7 Å². The molecule has 0 N–H and O–H groups in total. The maximum atomic E-state index is 12.9. The molecule has 0 saturated carbocycles.